The molecule has 5 atom stereocenters. The molecule has 0 aliphatic carbocycles. The zero-order valence-corrected chi connectivity index (χ0v) is 21.1. The lowest BCUT2D eigenvalue weighted by Gasteiger charge is -2.31. The minimum atomic E-state index is -1.17. The quantitative estimate of drug-likeness (QED) is 0.210. The molecule has 1 heterocycles. The zero-order chi connectivity index (χ0) is 27.7. The molecule has 204 valence electrons. The van der Waals surface area contributed by atoms with Crippen LogP contribution in [0.15, 0.2) is 24.3 Å². The molecule has 1 fully saturated rings. The van der Waals surface area contributed by atoms with E-state index in [0.29, 0.717) is 24.8 Å². The average Bonchev–Trinajstić information content (AvgIpc) is 3.36. The van der Waals surface area contributed by atoms with Crippen LogP contribution in [0, 0.1) is 5.92 Å². The van der Waals surface area contributed by atoms with Crippen molar-refractivity contribution in [3.63, 3.8) is 0 Å². The van der Waals surface area contributed by atoms with Crippen molar-refractivity contribution in [3.8, 4) is 5.75 Å². The van der Waals surface area contributed by atoms with Gasteiger partial charge in [-0.05, 0) is 42.9 Å². The standard InChI is InChI=1S/C25H36N4O8/c1-3-14(2)21(24(35)29-12-4-5-19(29)25(36)37)28-23(34)18(13-15-6-8-16(30)9-7-15)27-22(33)17(26)10-11-20(31)32/h6-9,14,17-19,21,30H,3-5,10-13,26H2,1-2H3,(H,27,33)(H,28,34)(H,31,32)(H,36,37). The first-order valence-corrected chi connectivity index (χ1v) is 12.3. The van der Waals surface area contributed by atoms with Gasteiger partial charge in [0.05, 0.1) is 6.04 Å². The lowest BCUT2D eigenvalue weighted by molar-refractivity contribution is -0.150. The number of nitrogens with two attached hydrogens (primary N) is 1. The summed E-state index contributed by atoms with van der Waals surface area (Å²) in [7, 11) is 0. The Morgan fingerprint density at radius 3 is 2.30 bits per heavy atom. The van der Waals surface area contributed by atoms with Crippen molar-refractivity contribution in [2.45, 2.75) is 76.5 Å². The highest BCUT2D eigenvalue weighted by atomic mass is 16.4. The summed E-state index contributed by atoms with van der Waals surface area (Å²) in [5.41, 5.74) is 6.42. The maximum Gasteiger partial charge on any atom is 0.326 e. The number of amides is 3. The number of rotatable bonds is 13. The molecule has 0 spiro atoms. The van der Waals surface area contributed by atoms with Gasteiger partial charge in [0.25, 0.3) is 0 Å². The van der Waals surface area contributed by atoms with Crippen LogP contribution in [-0.4, -0.2) is 80.6 Å². The summed E-state index contributed by atoms with van der Waals surface area (Å²) in [5.74, 6) is -4.42. The molecule has 12 nitrogen and oxygen atoms in total. The highest BCUT2D eigenvalue weighted by Gasteiger charge is 2.40. The van der Waals surface area contributed by atoms with Crippen LogP contribution >= 0.6 is 0 Å². The van der Waals surface area contributed by atoms with E-state index in [2.05, 4.69) is 10.6 Å². The number of nitrogens with zero attached hydrogens (tertiary/aromatic N) is 1. The Kier molecular flexibility index (Phi) is 10.9. The Hall–Kier alpha value is -3.67. The van der Waals surface area contributed by atoms with Crippen LogP contribution in [0.4, 0.5) is 0 Å². The number of nitrogens with one attached hydrogen (secondary N) is 2. The number of carboxylic acid groups (broad SMARTS) is 2. The van der Waals surface area contributed by atoms with Gasteiger partial charge in [0, 0.05) is 19.4 Å². The van der Waals surface area contributed by atoms with E-state index in [1.807, 2.05) is 6.92 Å². The van der Waals surface area contributed by atoms with Crippen molar-refractivity contribution in [1.29, 1.82) is 0 Å². The van der Waals surface area contributed by atoms with Crippen molar-refractivity contribution in [1.82, 2.24) is 15.5 Å². The van der Waals surface area contributed by atoms with Crippen LogP contribution in [0.25, 0.3) is 0 Å². The second-order valence-corrected chi connectivity index (χ2v) is 9.37. The topological polar surface area (TPSA) is 199 Å². The van der Waals surface area contributed by atoms with E-state index >= 15 is 0 Å². The van der Waals surface area contributed by atoms with Gasteiger partial charge in [0.15, 0.2) is 0 Å². The number of aliphatic carboxylic acids is 2. The first kappa shape index (κ1) is 29.6. The van der Waals surface area contributed by atoms with Crippen molar-refractivity contribution in [3.05, 3.63) is 29.8 Å². The Labute approximate surface area is 215 Å². The molecular weight excluding hydrogens is 484 g/mol. The molecule has 0 radical (unpaired) electrons. The first-order valence-electron chi connectivity index (χ1n) is 12.3. The fraction of sp³-hybridized carbons (Fsp3) is 0.560. The molecule has 1 aliphatic heterocycles. The summed E-state index contributed by atoms with van der Waals surface area (Å²) in [6, 6.07) is 1.69. The second kappa shape index (κ2) is 13.6. The second-order valence-electron chi connectivity index (χ2n) is 9.37. The minimum Gasteiger partial charge on any atom is -0.508 e. The van der Waals surface area contributed by atoms with Crippen LogP contribution in [-0.2, 0) is 30.4 Å². The van der Waals surface area contributed by atoms with Crippen LogP contribution < -0.4 is 16.4 Å². The predicted molar refractivity (Wildman–Crippen MR) is 132 cm³/mol. The maximum absolute atomic E-state index is 13.4. The van der Waals surface area contributed by atoms with Gasteiger partial charge in [0.1, 0.15) is 23.9 Å². The molecule has 1 aromatic carbocycles. The molecule has 5 unspecified atom stereocenters. The monoisotopic (exact) mass is 520 g/mol. The number of hydrogen-bond donors (Lipinski definition) is 6. The van der Waals surface area contributed by atoms with E-state index < -0.39 is 53.8 Å². The molecule has 3 amide bonds. The number of benzene rings is 1. The summed E-state index contributed by atoms with van der Waals surface area (Å²) >= 11 is 0. The highest BCUT2D eigenvalue weighted by Crippen LogP contribution is 2.21. The Morgan fingerprint density at radius 1 is 1.08 bits per heavy atom. The molecule has 0 bridgehead atoms. The molecule has 1 saturated heterocycles. The predicted octanol–water partition coefficient (Wildman–Crippen LogP) is 0.218. The maximum atomic E-state index is 13.4. The van der Waals surface area contributed by atoms with Gasteiger partial charge in [-0.2, -0.15) is 0 Å². The summed E-state index contributed by atoms with van der Waals surface area (Å²) in [6.07, 6.45) is 0.945. The third-order valence-electron chi connectivity index (χ3n) is 6.61. The highest BCUT2D eigenvalue weighted by molar-refractivity contribution is 5.94. The minimum absolute atomic E-state index is 0.00633. The van der Waals surface area contributed by atoms with Gasteiger partial charge >= 0.3 is 11.9 Å². The molecule has 37 heavy (non-hydrogen) atoms. The van der Waals surface area contributed by atoms with Crippen molar-refractivity contribution < 1.29 is 39.3 Å². The fourth-order valence-electron chi connectivity index (χ4n) is 4.17. The number of carbonyl (C=O) groups excluding carboxylic acids is 3. The van der Waals surface area contributed by atoms with Crippen molar-refractivity contribution >= 4 is 29.7 Å². The Balaban J connectivity index is 2.26. The normalized spacial score (nSPS) is 18.4. The first-order chi connectivity index (χ1) is 17.4. The number of phenolic OH excluding ortho intramolecular Hbond substituents is 1. The van der Waals surface area contributed by atoms with Crippen molar-refractivity contribution in [2.75, 3.05) is 6.54 Å². The van der Waals surface area contributed by atoms with Gasteiger partial charge in [-0.3, -0.25) is 19.2 Å². The molecule has 7 N–H and O–H groups in total. The third kappa shape index (κ3) is 8.45. The summed E-state index contributed by atoms with van der Waals surface area (Å²) in [5, 5.41) is 33.2. The number of carboxylic acids is 2. The third-order valence-corrected chi connectivity index (χ3v) is 6.61. The summed E-state index contributed by atoms with van der Waals surface area (Å²) < 4.78 is 0. The number of likely N-dealkylation sites (tertiary alicyclic amines) is 1. The fourth-order valence-corrected chi connectivity index (χ4v) is 4.17. The lowest BCUT2D eigenvalue weighted by atomic mass is 9.96. The van der Waals surface area contributed by atoms with E-state index in [4.69, 9.17) is 10.8 Å². The van der Waals surface area contributed by atoms with Crippen LogP contribution in [0.5, 0.6) is 5.75 Å². The number of aromatic hydroxyl groups is 1. The van der Waals surface area contributed by atoms with E-state index in [0.717, 1.165) is 0 Å². The molecule has 0 saturated carbocycles. The van der Waals surface area contributed by atoms with Crippen LogP contribution in [0.1, 0.15) is 51.5 Å². The number of hydrogen-bond acceptors (Lipinski definition) is 7. The smallest absolute Gasteiger partial charge is 0.326 e. The lowest BCUT2D eigenvalue weighted by Crippen LogP contribution is -2.59. The van der Waals surface area contributed by atoms with Crippen molar-refractivity contribution in [2.24, 2.45) is 11.7 Å². The van der Waals surface area contributed by atoms with E-state index in [-0.39, 0.29) is 37.5 Å². The van der Waals surface area contributed by atoms with E-state index in [9.17, 15) is 34.2 Å². The van der Waals surface area contributed by atoms with Crippen LogP contribution in [0.3, 0.4) is 0 Å². The van der Waals surface area contributed by atoms with E-state index in [1.54, 1.807) is 19.1 Å². The molecule has 12 heteroatoms. The van der Waals surface area contributed by atoms with Gasteiger partial charge in [-0.15, -0.1) is 0 Å². The molecule has 2 rings (SSSR count). The Bertz CT molecular complexity index is 983. The van der Waals surface area contributed by atoms with Crippen LogP contribution in [0.2, 0.25) is 0 Å². The Morgan fingerprint density at radius 2 is 1.73 bits per heavy atom. The number of carbonyl (C=O) groups is 5. The van der Waals surface area contributed by atoms with Gasteiger partial charge in [-0.25, -0.2) is 4.79 Å². The summed E-state index contributed by atoms with van der Waals surface area (Å²) in [4.78, 5) is 63.1. The number of phenols is 1. The zero-order valence-electron chi connectivity index (χ0n) is 21.1. The molecule has 0 aromatic heterocycles. The average molecular weight is 521 g/mol. The summed E-state index contributed by atoms with van der Waals surface area (Å²) in [6.45, 7) is 3.88. The van der Waals surface area contributed by atoms with Gasteiger partial charge in [0.2, 0.25) is 17.7 Å². The molecular formula is C25H36N4O8. The molecule has 1 aromatic rings. The van der Waals surface area contributed by atoms with Gasteiger partial charge in [-0.1, -0.05) is 32.4 Å². The SMILES string of the molecule is CCC(C)C(NC(=O)C(Cc1ccc(O)cc1)NC(=O)C(N)CCC(=O)O)C(=O)N1CCCC1C(=O)O. The molecule has 1 aliphatic rings. The largest absolute Gasteiger partial charge is 0.508 e. The van der Waals surface area contributed by atoms with Gasteiger partial charge < -0.3 is 36.6 Å². The van der Waals surface area contributed by atoms with E-state index in [1.165, 1.54) is 17.0 Å².